The molecule has 0 atom stereocenters. The Balaban J connectivity index is 2.64. The van der Waals surface area contributed by atoms with Crippen LogP contribution in [0.3, 0.4) is 0 Å². The number of rotatable bonds is 5. The molecule has 0 aliphatic carbocycles. The molecule has 0 bridgehead atoms. The number of nitrogens with zero attached hydrogens (tertiary/aromatic N) is 1. The van der Waals surface area contributed by atoms with E-state index < -0.39 is 41.2 Å². The number of pyridine rings is 1. The Morgan fingerprint density at radius 1 is 1.35 bits per heavy atom. The van der Waals surface area contributed by atoms with Crippen molar-refractivity contribution >= 4 is 22.1 Å². The highest BCUT2D eigenvalue weighted by Crippen LogP contribution is 2.22. The van der Waals surface area contributed by atoms with Crippen molar-refractivity contribution in [1.82, 2.24) is 4.98 Å². The summed E-state index contributed by atoms with van der Waals surface area (Å²) in [6, 6.07) is 0.898. The summed E-state index contributed by atoms with van der Waals surface area (Å²) >= 11 is 0. The van der Waals surface area contributed by atoms with Crippen molar-refractivity contribution in [3.05, 3.63) is 18.5 Å². The fraction of sp³-hybridized carbons (Fsp3) is 0.333. The number of amides is 1. The Morgan fingerprint density at radius 3 is 2.55 bits per heavy atom. The third kappa shape index (κ3) is 6.87. The van der Waals surface area contributed by atoms with Gasteiger partial charge in [0.1, 0.15) is 0 Å². The molecule has 1 rings (SSSR count). The molecule has 0 unspecified atom stereocenters. The molecule has 0 spiro atoms. The van der Waals surface area contributed by atoms with E-state index in [-0.39, 0.29) is 5.69 Å². The van der Waals surface area contributed by atoms with Crippen LogP contribution in [0.4, 0.5) is 22.7 Å². The summed E-state index contributed by atoms with van der Waals surface area (Å²) < 4.78 is 72.2. The van der Waals surface area contributed by atoms with Crippen LogP contribution in [0.2, 0.25) is 0 Å². The second kappa shape index (κ2) is 6.03. The van der Waals surface area contributed by atoms with Crippen LogP contribution in [0, 0.1) is 0 Å². The molecule has 1 aromatic rings. The van der Waals surface area contributed by atoms with Crippen LogP contribution in [0.25, 0.3) is 0 Å². The first-order valence-corrected chi connectivity index (χ1v) is 6.32. The Labute approximate surface area is 111 Å². The SMILES string of the molecule is O=C(CCC(F)(F)F)Nc1cncc(OS(=O)(=O)F)c1. The van der Waals surface area contributed by atoms with E-state index in [1.54, 1.807) is 0 Å². The van der Waals surface area contributed by atoms with E-state index in [2.05, 4.69) is 9.17 Å². The molecular formula is C9H8F4N2O4S. The molecule has 0 fully saturated rings. The molecule has 11 heteroatoms. The quantitative estimate of drug-likeness (QED) is 0.663. The minimum Gasteiger partial charge on any atom is -0.357 e. The average molecular weight is 316 g/mol. The first-order valence-electron chi connectivity index (χ1n) is 5.01. The second-order valence-electron chi connectivity index (χ2n) is 3.55. The molecule has 0 aliphatic heterocycles. The minimum absolute atomic E-state index is 0.127. The van der Waals surface area contributed by atoms with Gasteiger partial charge in [-0.3, -0.25) is 9.78 Å². The summed E-state index contributed by atoms with van der Waals surface area (Å²) in [4.78, 5) is 14.6. The van der Waals surface area contributed by atoms with E-state index >= 15 is 0 Å². The third-order valence-corrected chi connectivity index (χ3v) is 2.22. The standard InChI is InChI=1S/C9H8F4N2O4S/c10-9(11,12)2-1-8(16)15-6-3-7(5-14-4-6)19-20(13,17)18/h3-5H,1-2H2,(H,15,16). The van der Waals surface area contributed by atoms with Gasteiger partial charge in [0.15, 0.2) is 5.75 Å². The van der Waals surface area contributed by atoms with Crippen molar-refractivity contribution in [3.63, 3.8) is 0 Å². The zero-order valence-electron chi connectivity index (χ0n) is 9.65. The van der Waals surface area contributed by atoms with Gasteiger partial charge in [-0.05, 0) is 0 Å². The van der Waals surface area contributed by atoms with Gasteiger partial charge in [0, 0.05) is 12.5 Å². The van der Waals surface area contributed by atoms with Crippen molar-refractivity contribution in [2.75, 3.05) is 5.32 Å². The van der Waals surface area contributed by atoms with Crippen LogP contribution in [-0.2, 0) is 15.3 Å². The smallest absolute Gasteiger partial charge is 0.357 e. The Hall–Kier alpha value is -1.91. The summed E-state index contributed by atoms with van der Waals surface area (Å²) in [6.07, 6.45) is -4.70. The first-order chi connectivity index (χ1) is 9.05. The highest BCUT2D eigenvalue weighted by Gasteiger charge is 2.27. The zero-order valence-corrected chi connectivity index (χ0v) is 10.5. The van der Waals surface area contributed by atoms with Crippen molar-refractivity contribution in [3.8, 4) is 5.75 Å². The van der Waals surface area contributed by atoms with Gasteiger partial charge in [-0.15, -0.1) is 0 Å². The van der Waals surface area contributed by atoms with E-state index in [1.165, 1.54) is 0 Å². The monoisotopic (exact) mass is 316 g/mol. The van der Waals surface area contributed by atoms with Crippen molar-refractivity contribution in [1.29, 1.82) is 0 Å². The van der Waals surface area contributed by atoms with Gasteiger partial charge in [-0.1, -0.05) is 3.89 Å². The van der Waals surface area contributed by atoms with Crippen molar-refractivity contribution in [2.24, 2.45) is 0 Å². The van der Waals surface area contributed by atoms with E-state index in [4.69, 9.17) is 0 Å². The zero-order chi connectivity index (χ0) is 15.4. The Kier molecular flexibility index (Phi) is 4.87. The Bertz CT molecular complexity index is 588. The number of anilines is 1. The summed E-state index contributed by atoms with van der Waals surface area (Å²) in [5, 5.41) is 2.04. The number of alkyl halides is 3. The van der Waals surface area contributed by atoms with E-state index in [1.807, 2.05) is 5.32 Å². The number of halogens is 4. The van der Waals surface area contributed by atoms with Gasteiger partial charge < -0.3 is 9.50 Å². The first kappa shape index (κ1) is 16.1. The lowest BCUT2D eigenvalue weighted by Crippen LogP contribution is -2.16. The van der Waals surface area contributed by atoms with Crippen molar-refractivity contribution < 1.29 is 34.5 Å². The maximum atomic E-state index is 12.2. The van der Waals surface area contributed by atoms with Gasteiger partial charge in [-0.2, -0.15) is 21.6 Å². The number of hydrogen-bond donors (Lipinski definition) is 1. The van der Waals surface area contributed by atoms with Gasteiger partial charge in [-0.25, -0.2) is 0 Å². The Morgan fingerprint density at radius 2 is 2.00 bits per heavy atom. The minimum atomic E-state index is -5.25. The van der Waals surface area contributed by atoms with E-state index in [0.717, 1.165) is 18.5 Å². The van der Waals surface area contributed by atoms with Crippen LogP contribution in [0.5, 0.6) is 5.75 Å². The molecule has 112 valence electrons. The number of hydrogen-bond acceptors (Lipinski definition) is 5. The van der Waals surface area contributed by atoms with Crippen LogP contribution in [0.1, 0.15) is 12.8 Å². The molecule has 1 heterocycles. The molecule has 1 N–H and O–H groups in total. The van der Waals surface area contributed by atoms with Gasteiger partial charge in [0.05, 0.1) is 24.5 Å². The van der Waals surface area contributed by atoms with Crippen LogP contribution < -0.4 is 9.50 Å². The lowest BCUT2D eigenvalue weighted by Gasteiger charge is -2.08. The molecule has 6 nitrogen and oxygen atoms in total. The van der Waals surface area contributed by atoms with Crippen molar-refractivity contribution in [2.45, 2.75) is 19.0 Å². The lowest BCUT2D eigenvalue weighted by atomic mass is 10.3. The highest BCUT2D eigenvalue weighted by atomic mass is 32.3. The fourth-order valence-electron chi connectivity index (χ4n) is 1.13. The number of nitrogens with one attached hydrogen (secondary N) is 1. The third-order valence-electron chi connectivity index (χ3n) is 1.83. The summed E-state index contributed by atoms with van der Waals surface area (Å²) in [7, 11) is -5.25. The molecule has 0 aliphatic rings. The van der Waals surface area contributed by atoms with Crippen LogP contribution >= 0.6 is 0 Å². The maximum absolute atomic E-state index is 12.2. The topological polar surface area (TPSA) is 85.4 Å². The molecule has 1 amide bonds. The molecule has 0 saturated carbocycles. The lowest BCUT2D eigenvalue weighted by molar-refractivity contribution is -0.142. The number of aromatic nitrogens is 1. The molecule has 0 radical (unpaired) electrons. The molecule has 1 aromatic heterocycles. The van der Waals surface area contributed by atoms with Gasteiger partial charge in [0.25, 0.3) is 0 Å². The van der Waals surface area contributed by atoms with Crippen LogP contribution in [0.15, 0.2) is 18.5 Å². The number of carbonyl (C=O) groups is 1. The normalized spacial score (nSPS) is 12.0. The van der Waals surface area contributed by atoms with Crippen LogP contribution in [-0.4, -0.2) is 25.5 Å². The fourth-order valence-corrected chi connectivity index (χ4v) is 1.45. The number of carbonyl (C=O) groups excluding carboxylic acids is 1. The molecular weight excluding hydrogens is 308 g/mol. The predicted molar refractivity (Wildman–Crippen MR) is 58.8 cm³/mol. The predicted octanol–water partition coefficient (Wildman–Crippen LogP) is 1.96. The average Bonchev–Trinajstić information content (AvgIpc) is 2.23. The summed E-state index contributed by atoms with van der Waals surface area (Å²) in [5.41, 5.74) is -0.127. The summed E-state index contributed by atoms with van der Waals surface area (Å²) in [6.45, 7) is 0. The molecule has 0 saturated heterocycles. The molecule has 0 aromatic carbocycles. The van der Waals surface area contributed by atoms with Gasteiger partial charge in [0.2, 0.25) is 5.91 Å². The van der Waals surface area contributed by atoms with Gasteiger partial charge >= 0.3 is 16.7 Å². The largest absolute Gasteiger partial charge is 0.488 e. The van der Waals surface area contributed by atoms with E-state index in [9.17, 15) is 30.3 Å². The molecule has 20 heavy (non-hydrogen) atoms. The van der Waals surface area contributed by atoms with E-state index in [0.29, 0.717) is 0 Å². The summed E-state index contributed by atoms with van der Waals surface area (Å²) in [5.74, 6) is -1.48. The highest BCUT2D eigenvalue weighted by molar-refractivity contribution is 7.81. The second-order valence-corrected chi connectivity index (χ2v) is 4.50. The maximum Gasteiger partial charge on any atom is 0.488 e.